The fourth-order valence-electron chi connectivity index (χ4n) is 3.73. The molecule has 2 saturated heterocycles. The van der Waals surface area contributed by atoms with Crippen molar-refractivity contribution < 1.29 is 0 Å². The highest BCUT2D eigenvalue weighted by molar-refractivity contribution is 5.78. The van der Waals surface area contributed by atoms with E-state index in [0.717, 1.165) is 41.9 Å². The molecule has 2 aliphatic heterocycles. The first kappa shape index (κ1) is 13.0. The Morgan fingerprint density at radius 3 is 2.76 bits per heavy atom. The minimum absolute atomic E-state index is 0.754. The van der Waals surface area contributed by atoms with E-state index in [-0.39, 0.29) is 0 Å². The Labute approximate surface area is 125 Å². The standard InChI is InChI=1S/C17H22N4/c1-2-5-16-14(4-1)12-19-17(20-16)21-10-7-13(8-11-21)15-6-3-9-18-15/h1-2,4-5,12-13,15,18H,3,6-11H2. The molecular weight excluding hydrogens is 260 g/mol. The molecule has 4 rings (SSSR count). The van der Waals surface area contributed by atoms with Gasteiger partial charge in [0.2, 0.25) is 5.95 Å². The van der Waals surface area contributed by atoms with Crippen molar-refractivity contribution in [1.29, 1.82) is 0 Å². The predicted molar refractivity (Wildman–Crippen MR) is 85.5 cm³/mol. The molecule has 4 nitrogen and oxygen atoms in total. The lowest BCUT2D eigenvalue weighted by atomic mass is 9.89. The third kappa shape index (κ3) is 2.60. The summed E-state index contributed by atoms with van der Waals surface area (Å²) < 4.78 is 0. The maximum Gasteiger partial charge on any atom is 0.225 e. The fourth-order valence-corrected chi connectivity index (χ4v) is 3.73. The van der Waals surface area contributed by atoms with E-state index in [2.05, 4.69) is 27.3 Å². The van der Waals surface area contributed by atoms with Crippen molar-refractivity contribution in [1.82, 2.24) is 15.3 Å². The van der Waals surface area contributed by atoms with E-state index in [0.29, 0.717) is 0 Å². The smallest absolute Gasteiger partial charge is 0.225 e. The molecule has 0 bridgehead atoms. The van der Waals surface area contributed by atoms with Crippen molar-refractivity contribution in [3.8, 4) is 0 Å². The molecule has 2 fully saturated rings. The molecule has 110 valence electrons. The highest BCUT2D eigenvalue weighted by atomic mass is 15.3. The van der Waals surface area contributed by atoms with Crippen LogP contribution in [0.2, 0.25) is 0 Å². The molecule has 0 spiro atoms. The molecule has 0 saturated carbocycles. The van der Waals surface area contributed by atoms with Crippen LogP contribution in [0.15, 0.2) is 30.5 Å². The van der Waals surface area contributed by atoms with Gasteiger partial charge in [0.1, 0.15) is 0 Å². The summed E-state index contributed by atoms with van der Waals surface area (Å²) in [6.07, 6.45) is 7.17. The first-order valence-corrected chi connectivity index (χ1v) is 8.10. The number of hydrogen-bond acceptors (Lipinski definition) is 4. The molecule has 0 aliphatic carbocycles. The first-order chi connectivity index (χ1) is 10.4. The number of nitrogens with one attached hydrogen (secondary N) is 1. The number of anilines is 1. The van der Waals surface area contributed by atoms with Gasteiger partial charge in [-0.25, -0.2) is 9.97 Å². The Morgan fingerprint density at radius 2 is 1.95 bits per heavy atom. The van der Waals surface area contributed by atoms with Crippen LogP contribution in [0, 0.1) is 5.92 Å². The predicted octanol–water partition coefficient (Wildman–Crippen LogP) is 2.60. The molecule has 3 heterocycles. The number of fused-ring (bicyclic) bond motifs is 1. The quantitative estimate of drug-likeness (QED) is 0.919. The zero-order valence-electron chi connectivity index (χ0n) is 12.3. The number of benzene rings is 1. The van der Waals surface area contributed by atoms with Crippen molar-refractivity contribution >= 4 is 16.9 Å². The summed E-state index contributed by atoms with van der Waals surface area (Å²) in [6, 6.07) is 8.96. The summed E-state index contributed by atoms with van der Waals surface area (Å²) in [5, 5.41) is 4.77. The van der Waals surface area contributed by atoms with Crippen molar-refractivity contribution in [2.75, 3.05) is 24.5 Å². The summed E-state index contributed by atoms with van der Waals surface area (Å²) >= 11 is 0. The SMILES string of the molecule is c1ccc2nc(N3CCC(C4CCCN4)CC3)ncc2c1. The molecule has 21 heavy (non-hydrogen) atoms. The minimum Gasteiger partial charge on any atom is -0.341 e. The monoisotopic (exact) mass is 282 g/mol. The van der Waals surface area contributed by atoms with E-state index < -0.39 is 0 Å². The van der Waals surface area contributed by atoms with Crippen LogP contribution in [-0.4, -0.2) is 35.6 Å². The Hall–Kier alpha value is -1.68. The number of nitrogens with zero attached hydrogens (tertiary/aromatic N) is 3. The van der Waals surface area contributed by atoms with Crippen LogP contribution < -0.4 is 10.2 Å². The second kappa shape index (κ2) is 5.60. The number of para-hydroxylation sites is 1. The van der Waals surface area contributed by atoms with E-state index in [1.807, 2.05) is 18.3 Å². The normalized spacial score (nSPS) is 23.8. The Bertz CT molecular complexity index is 613. The van der Waals surface area contributed by atoms with Crippen LogP contribution in [-0.2, 0) is 0 Å². The summed E-state index contributed by atoms with van der Waals surface area (Å²) in [5.41, 5.74) is 1.04. The summed E-state index contributed by atoms with van der Waals surface area (Å²) in [4.78, 5) is 11.6. The largest absolute Gasteiger partial charge is 0.341 e. The first-order valence-electron chi connectivity index (χ1n) is 8.10. The van der Waals surface area contributed by atoms with Gasteiger partial charge < -0.3 is 10.2 Å². The Morgan fingerprint density at radius 1 is 1.10 bits per heavy atom. The lowest BCUT2D eigenvalue weighted by Gasteiger charge is -2.34. The maximum atomic E-state index is 4.72. The molecule has 1 aromatic heterocycles. The summed E-state index contributed by atoms with van der Waals surface area (Å²) in [5.74, 6) is 1.73. The Kier molecular flexibility index (Phi) is 3.47. The molecule has 4 heteroatoms. The maximum absolute atomic E-state index is 4.72. The highest BCUT2D eigenvalue weighted by Gasteiger charge is 2.29. The van der Waals surface area contributed by atoms with E-state index in [1.165, 1.54) is 32.2 Å². The van der Waals surface area contributed by atoms with Gasteiger partial charge in [-0.3, -0.25) is 0 Å². The van der Waals surface area contributed by atoms with E-state index in [1.54, 1.807) is 0 Å². The van der Waals surface area contributed by atoms with Gasteiger partial charge in [-0.05, 0) is 44.2 Å². The van der Waals surface area contributed by atoms with Crippen LogP contribution in [0.4, 0.5) is 5.95 Å². The average molecular weight is 282 g/mol. The van der Waals surface area contributed by atoms with Gasteiger partial charge in [-0.1, -0.05) is 18.2 Å². The van der Waals surface area contributed by atoms with E-state index >= 15 is 0 Å². The molecule has 2 aliphatic rings. The van der Waals surface area contributed by atoms with E-state index in [9.17, 15) is 0 Å². The molecular formula is C17H22N4. The van der Waals surface area contributed by atoms with Crippen molar-refractivity contribution in [3.05, 3.63) is 30.5 Å². The number of hydrogen-bond donors (Lipinski definition) is 1. The molecule has 1 unspecified atom stereocenters. The van der Waals surface area contributed by atoms with Gasteiger partial charge in [-0.15, -0.1) is 0 Å². The van der Waals surface area contributed by atoms with Gasteiger partial charge in [-0.2, -0.15) is 0 Å². The zero-order valence-corrected chi connectivity index (χ0v) is 12.3. The van der Waals surface area contributed by atoms with Crippen LogP contribution in [0.3, 0.4) is 0 Å². The molecule has 0 amide bonds. The number of aromatic nitrogens is 2. The van der Waals surface area contributed by atoms with Crippen LogP contribution in [0.1, 0.15) is 25.7 Å². The van der Waals surface area contributed by atoms with Crippen molar-refractivity contribution in [3.63, 3.8) is 0 Å². The Balaban J connectivity index is 1.46. The van der Waals surface area contributed by atoms with Crippen molar-refractivity contribution in [2.45, 2.75) is 31.7 Å². The summed E-state index contributed by atoms with van der Waals surface area (Å²) in [7, 11) is 0. The lowest BCUT2D eigenvalue weighted by Crippen LogP contribution is -2.41. The molecule has 1 N–H and O–H groups in total. The topological polar surface area (TPSA) is 41.1 Å². The lowest BCUT2D eigenvalue weighted by molar-refractivity contribution is 0.317. The van der Waals surface area contributed by atoms with Gasteiger partial charge in [0.25, 0.3) is 0 Å². The number of rotatable bonds is 2. The van der Waals surface area contributed by atoms with Crippen LogP contribution in [0.5, 0.6) is 0 Å². The average Bonchev–Trinajstić information content (AvgIpc) is 3.09. The summed E-state index contributed by atoms with van der Waals surface area (Å²) in [6.45, 7) is 3.38. The third-order valence-corrected chi connectivity index (χ3v) is 4.97. The molecule has 2 aromatic rings. The highest BCUT2D eigenvalue weighted by Crippen LogP contribution is 2.27. The molecule has 1 aromatic carbocycles. The fraction of sp³-hybridized carbons (Fsp3) is 0.529. The van der Waals surface area contributed by atoms with E-state index in [4.69, 9.17) is 4.98 Å². The number of piperidine rings is 1. The van der Waals surface area contributed by atoms with Crippen molar-refractivity contribution in [2.24, 2.45) is 5.92 Å². The van der Waals surface area contributed by atoms with Gasteiger partial charge in [0, 0.05) is 30.7 Å². The second-order valence-corrected chi connectivity index (χ2v) is 6.26. The van der Waals surface area contributed by atoms with Gasteiger partial charge in [0.15, 0.2) is 0 Å². The van der Waals surface area contributed by atoms with Gasteiger partial charge >= 0.3 is 0 Å². The second-order valence-electron chi connectivity index (χ2n) is 6.26. The van der Waals surface area contributed by atoms with Gasteiger partial charge in [0.05, 0.1) is 5.52 Å². The molecule has 1 atom stereocenters. The van der Waals surface area contributed by atoms with Crippen LogP contribution in [0.25, 0.3) is 10.9 Å². The zero-order chi connectivity index (χ0) is 14.1. The molecule has 0 radical (unpaired) electrons. The van der Waals surface area contributed by atoms with Crippen LogP contribution >= 0.6 is 0 Å². The minimum atomic E-state index is 0.754. The third-order valence-electron chi connectivity index (χ3n) is 4.97.